The lowest BCUT2D eigenvalue weighted by molar-refractivity contribution is -0.158. The van der Waals surface area contributed by atoms with Crippen molar-refractivity contribution in [3.8, 4) is 0 Å². The molecule has 1 unspecified atom stereocenters. The van der Waals surface area contributed by atoms with Crippen LogP contribution in [0.2, 0.25) is 0 Å². The Kier molecular flexibility index (Phi) is 15.0. The Labute approximate surface area is 165 Å². The Bertz CT molecular complexity index is 442. The molecule has 0 spiro atoms. The predicted octanol–water partition coefficient (Wildman–Crippen LogP) is -4.06. The molecule has 0 aromatic rings. The summed E-state index contributed by atoms with van der Waals surface area (Å²) in [6.07, 6.45) is -9.06. The third-order valence-electron chi connectivity index (χ3n) is 4.12. The van der Waals surface area contributed by atoms with Crippen LogP contribution in [0.25, 0.3) is 0 Å². The van der Waals surface area contributed by atoms with Crippen LogP contribution < -0.4 is 21.3 Å². The minimum atomic E-state index is -2.03. The fraction of sp³-hybridized carbons (Fsp3) is 0.882. The number of ketones is 1. The van der Waals surface area contributed by atoms with Crippen molar-refractivity contribution in [2.24, 2.45) is 0 Å². The zero-order chi connectivity index (χ0) is 21.5. The van der Waals surface area contributed by atoms with Gasteiger partial charge in [-0.2, -0.15) is 0 Å². The van der Waals surface area contributed by atoms with Gasteiger partial charge in [0.2, 0.25) is 0 Å². The van der Waals surface area contributed by atoms with Crippen molar-refractivity contribution in [3.63, 3.8) is 0 Å². The van der Waals surface area contributed by atoms with E-state index in [1.165, 1.54) is 14.0 Å². The SMILES string of the molecule is CCNCCNCCNCCNC(=O)[C@H](O)[C@@H](O)[C@H](O)[C@H](O)C(=O)C(C)OC. The highest BCUT2D eigenvalue weighted by atomic mass is 16.5. The Morgan fingerprint density at radius 1 is 0.821 bits per heavy atom. The molecule has 166 valence electrons. The van der Waals surface area contributed by atoms with E-state index < -0.39 is 42.2 Å². The van der Waals surface area contributed by atoms with E-state index in [1.54, 1.807) is 0 Å². The highest BCUT2D eigenvalue weighted by molar-refractivity contribution is 5.87. The summed E-state index contributed by atoms with van der Waals surface area (Å²) < 4.78 is 4.73. The molecule has 11 heteroatoms. The van der Waals surface area contributed by atoms with Gasteiger partial charge in [0, 0.05) is 46.4 Å². The molecule has 0 fully saturated rings. The van der Waals surface area contributed by atoms with Gasteiger partial charge in [-0.25, -0.2) is 0 Å². The fourth-order valence-corrected chi connectivity index (χ4v) is 2.21. The molecule has 0 aromatic heterocycles. The van der Waals surface area contributed by atoms with Crippen molar-refractivity contribution >= 4 is 11.7 Å². The molecule has 0 aliphatic carbocycles. The number of Topliss-reactive ketones (excluding diaryl/α,β-unsaturated/α-hetero) is 1. The lowest BCUT2D eigenvalue weighted by Crippen LogP contribution is -2.54. The van der Waals surface area contributed by atoms with Crippen molar-refractivity contribution in [3.05, 3.63) is 0 Å². The molecule has 0 saturated heterocycles. The van der Waals surface area contributed by atoms with Gasteiger partial charge in [0.05, 0.1) is 0 Å². The normalized spacial score (nSPS) is 16.8. The van der Waals surface area contributed by atoms with Crippen LogP contribution in [0.15, 0.2) is 0 Å². The average molecular weight is 408 g/mol. The Morgan fingerprint density at radius 3 is 1.79 bits per heavy atom. The summed E-state index contributed by atoms with van der Waals surface area (Å²) in [6, 6.07) is 0. The van der Waals surface area contributed by atoms with Crippen molar-refractivity contribution in [2.75, 3.05) is 52.9 Å². The molecule has 0 saturated carbocycles. The first-order chi connectivity index (χ1) is 13.3. The number of hydrogen-bond acceptors (Lipinski definition) is 10. The number of amides is 1. The smallest absolute Gasteiger partial charge is 0.251 e. The lowest BCUT2D eigenvalue weighted by atomic mass is 9.97. The molecular formula is C17H36N4O7. The molecule has 28 heavy (non-hydrogen) atoms. The quantitative estimate of drug-likeness (QED) is 0.111. The van der Waals surface area contributed by atoms with Gasteiger partial charge in [-0.15, -0.1) is 0 Å². The van der Waals surface area contributed by atoms with Crippen molar-refractivity contribution in [2.45, 2.75) is 44.4 Å². The van der Waals surface area contributed by atoms with E-state index in [2.05, 4.69) is 21.3 Å². The summed E-state index contributed by atoms with van der Waals surface area (Å²) >= 11 is 0. The second-order valence-electron chi connectivity index (χ2n) is 6.30. The number of rotatable bonds is 17. The summed E-state index contributed by atoms with van der Waals surface area (Å²) in [5.41, 5.74) is 0. The second-order valence-corrected chi connectivity index (χ2v) is 6.30. The van der Waals surface area contributed by atoms with E-state index in [0.29, 0.717) is 13.1 Å². The molecule has 0 aliphatic heterocycles. The van der Waals surface area contributed by atoms with Gasteiger partial charge in [-0.05, 0) is 13.5 Å². The van der Waals surface area contributed by atoms with E-state index in [1.807, 2.05) is 6.92 Å². The van der Waals surface area contributed by atoms with Crippen LogP contribution in [0.3, 0.4) is 0 Å². The zero-order valence-electron chi connectivity index (χ0n) is 16.9. The third kappa shape index (κ3) is 10.4. The largest absolute Gasteiger partial charge is 0.387 e. The summed E-state index contributed by atoms with van der Waals surface area (Å²) in [7, 11) is 1.24. The van der Waals surface area contributed by atoms with E-state index in [4.69, 9.17) is 4.74 Å². The van der Waals surface area contributed by atoms with Gasteiger partial charge in [-0.1, -0.05) is 6.92 Å². The van der Waals surface area contributed by atoms with E-state index in [-0.39, 0.29) is 6.54 Å². The van der Waals surface area contributed by atoms with Gasteiger partial charge >= 0.3 is 0 Å². The van der Waals surface area contributed by atoms with E-state index >= 15 is 0 Å². The molecule has 0 aliphatic rings. The standard InChI is InChI=1S/C17H36N4O7/c1-4-18-5-6-19-7-8-20-9-10-21-17(27)16(26)15(25)14(24)13(23)12(22)11(2)28-3/h11,13-16,18-20,23-26H,4-10H2,1-3H3,(H,21,27)/t11?,13-,14-,15+,16-/m1/s1. The number of nitrogens with one attached hydrogen (secondary N) is 4. The molecule has 0 radical (unpaired) electrons. The van der Waals surface area contributed by atoms with Crippen LogP contribution in [0.5, 0.6) is 0 Å². The van der Waals surface area contributed by atoms with E-state index in [0.717, 1.165) is 26.2 Å². The van der Waals surface area contributed by atoms with Crippen molar-refractivity contribution in [1.82, 2.24) is 21.3 Å². The molecular weight excluding hydrogens is 372 g/mol. The number of ether oxygens (including phenoxy) is 1. The summed E-state index contributed by atoms with van der Waals surface area (Å²) in [5, 5.41) is 51.1. The van der Waals surface area contributed by atoms with Crippen molar-refractivity contribution < 1.29 is 34.8 Å². The van der Waals surface area contributed by atoms with Gasteiger partial charge in [0.25, 0.3) is 5.91 Å². The molecule has 0 heterocycles. The maximum atomic E-state index is 11.8. The molecule has 1 amide bonds. The number of methoxy groups -OCH3 is 1. The molecule has 5 atom stereocenters. The average Bonchev–Trinajstić information content (AvgIpc) is 2.71. The first-order valence-electron chi connectivity index (χ1n) is 9.46. The number of aliphatic hydroxyl groups is 4. The molecule has 0 rings (SSSR count). The van der Waals surface area contributed by atoms with Gasteiger partial charge in [0.1, 0.15) is 24.4 Å². The first kappa shape index (κ1) is 26.8. The van der Waals surface area contributed by atoms with Crippen molar-refractivity contribution in [1.29, 1.82) is 0 Å². The number of hydrogen-bond donors (Lipinski definition) is 8. The molecule has 0 aromatic carbocycles. The minimum absolute atomic E-state index is 0.193. The van der Waals surface area contributed by atoms with Crippen LogP contribution in [0.4, 0.5) is 0 Å². The number of carbonyl (C=O) groups excluding carboxylic acids is 2. The molecule has 11 nitrogen and oxygen atoms in total. The van der Waals surface area contributed by atoms with Gasteiger partial charge in [-0.3, -0.25) is 9.59 Å². The highest BCUT2D eigenvalue weighted by Crippen LogP contribution is 2.09. The van der Waals surface area contributed by atoms with Crippen LogP contribution in [0, 0.1) is 0 Å². The van der Waals surface area contributed by atoms with Crippen LogP contribution in [-0.4, -0.2) is 116 Å². The summed E-state index contributed by atoms with van der Waals surface area (Å²) in [6.45, 7) is 8.17. The zero-order valence-corrected chi connectivity index (χ0v) is 16.9. The first-order valence-corrected chi connectivity index (χ1v) is 9.46. The fourth-order valence-electron chi connectivity index (χ4n) is 2.21. The minimum Gasteiger partial charge on any atom is -0.387 e. The lowest BCUT2D eigenvalue weighted by Gasteiger charge is -2.26. The Balaban J connectivity index is 4.05. The summed E-state index contributed by atoms with van der Waals surface area (Å²) in [4.78, 5) is 23.6. The number of aliphatic hydroxyl groups excluding tert-OH is 4. The van der Waals surface area contributed by atoms with Crippen LogP contribution in [0.1, 0.15) is 13.8 Å². The third-order valence-corrected chi connectivity index (χ3v) is 4.12. The number of likely N-dealkylation sites (N-methyl/N-ethyl adjacent to an activating group) is 1. The highest BCUT2D eigenvalue weighted by Gasteiger charge is 2.38. The summed E-state index contributed by atoms with van der Waals surface area (Å²) in [5.74, 6) is -1.79. The maximum absolute atomic E-state index is 11.8. The monoisotopic (exact) mass is 408 g/mol. The number of carbonyl (C=O) groups is 2. The molecule has 8 N–H and O–H groups in total. The van der Waals surface area contributed by atoms with Gasteiger partial charge < -0.3 is 46.4 Å². The van der Waals surface area contributed by atoms with Crippen LogP contribution in [-0.2, 0) is 14.3 Å². The maximum Gasteiger partial charge on any atom is 0.251 e. The Morgan fingerprint density at radius 2 is 1.29 bits per heavy atom. The predicted molar refractivity (Wildman–Crippen MR) is 103 cm³/mol. The topological polar surface area (TPSA) is 172 Å². The van der Waals surface area contributed by atoms with Gasteiger partial charge in [0.15, 0.2) is 11.9 Å². The van der Waals surface area contributed by atoms with Crippen LogP contribution >= 0.6 is 0 Å². The molecule has 0 bridgehead atoms. The second kappa shape index (κ2) is 15.7. The van der Waals surface area contributed by atoms with E-state index in [9.17, 15) is 30.0 Å². The Hall–Kier alpha value is -1.18.